The predicted molar refractivity (Wildman–Crippen MR) is 72.3 cm³/mol. The van der Waals surface area contributed by atoms with Crippen LogP contribution in [0, 0.1) is 0 Å². The van der Waals surface area contributed by atoms with E-state index < -0.39 is 41.2 Å². The zero-order valence-corrected chi connectivity index (χ0v) is 12.2. The highest BCUT2D eigenvalue weighted by Gasteiger charge is 2.37. The highest BCUT2D eigenvalue weighted by atomic mass is 19.4. The Morgan fingerprint density at radius 3 is 2.00 bits per heavy atom. The molecule has 5 nitrogen and oxygen atoms in total. The molecule has 11 heteroatoms. The molecule has 0 spiro atoms. The number of hydrogen-bond acceptors (Lipinski definition) is 3. The van der Waals surface area contributed by atoms with Crippen molar-refractivity contribution in [1.29, 1.82) is 0 Å². The number of ether oxygens (including phenoxy) is 1. The zero-order chi connectivity index (χ0) is 18.8. The molecule has 0 aromatic heterocycles. The summed E-state index contributed by atoms with van der Waals surface area (Å²) >= 11 is 0. The summed E-state index contributed by atoms with van der Waals surface area (Å²) < 4.78 is 81.0. The van der Waals surface area contributed by atoms with Crippen LogP contribution < -0.4 is 10.6 Å². The fourth-order valence-corrected chi connectivity index (χ4v) is 1.95. The normalized spacial score (nSPS) is 15.3. The van der Waals surface area contributed by atoms with Gasteiger partial charge in [-0.1, -0.05) is 0 Å². The Balaban J connectivity index is 2.23. The summed E-state index contributed by atoms with van der Waals surface area (Å²) in [6.07, 6.45) is -8.94. The lowest BCUT2D eigenvalue weighted by molar-refractivity contribution is -0.143. The standard InChI is InChI=1S/C14H10F6N2O3/c15-13(16,17)7-3-8(14(18,19)20)5-10(4-7)22-12(24)21-9-1-2-25-11(23)6-9/h3-6H,1-2H2,(H2,21,22,24). The number of urea groups is 1. The number of carbonyl (C=O) groups is 2. The molecule has 0 bridgehead atoms. The lowest BCUT2D eigenvalue weighted by Gasteiger charge is -2.17. The average molecular weight is 368 g/mol. The summed E-state index contributed by atoms with van der Waals surface area (Å²) in [7, 11) is 0. The van der Waals surface area contributed by atoms with E-state index in [9.17, 15) is 35.9 Å². The molecule has 25 heavy (non-hydrogen) atoms. The van der Waals surface area contributed by atoms with Gasteiger partial charge in [-0.2, -0.15) is 26.3 Å². The number of rotatable bonds is 2. The second-order valence-electron chi connectivity index (χ2n) is 4.96. The largest absolute Gasteiger partial charge is 0.462 e. The lowest BCUT2D eigenvalue weighted by Crippen LogP contribution is -2.31. The molecule has 1 aromatic rings. The summed E-state index contributed by atoms with van der Waals surface area (Å²) in [6.45, 7) is -0.00721. The molecule has 0 atom stereocenters. The molecule has 0 unspecified atom stereocenters. The lowest BCUT2D eigenvalue weighted by atomic mass is 10.1. The first kappa shape index (κ1) is 18.6. The van der Waals surface area contributed by atoms with Crippen LogP contribution in [0.15, 0.2) is 30.0 Å². The van der Waals surface area contributed by atoms with Crippen LogP contribution in [0.5, 0.6) is 0 Å². The molecule has 2 rings (SSSR count). The van der Waals surface area contributed by atoms with E-state index >= 15 is 0 Å². The van der Waals surface area contributed by atoms with Crippen LogP contribution in [-0.4, -0.2) is 18.6 Å². The monoisotopic (exact) mass is 368 g/mol. The van der Waals surface area contributed by atoms with Crippen molar-refractivity contribution in [3.05, 3.63) is 41.1 Å². The van der Waals surface area contributed by atoms with Gasteiger partial charge in [0.1, 0.15) is 0 Å². The molecule has 2 N–H and O–H groups in total. The highest BCUT2D eigenvalue weighted by molar-refractivity contribution is 5.92. The number of benzene rings is 1. The molecule has 0 saturated heterocycles. The Morgan fingerprint density at radius 2 is 1.52 bits per heavy atom. The number of hydrogen-bond donors (Lipinski definition) is 2. The maximum Gasteiger partial charge on any atom is 0.416 e. The van der Waals surface area contributed by atoms with Crippen molar-refractivity contribution in [1.82, 2.24) is 5.32 Å². The number of alkyl halides is 6. The van der Waals surface area contributed by atoms with E-state index in [-0.39, 0.29) is 24.8 Å². The van der Waals surface area contributed by atoms with Gasteiger partial charge in [0.05, 0.1) is 17.7 Å². The Morgan fingerprint density at radius 1 is 0.960 bits per heavy atom. The molecule has 136 valence electrons. The van der Waals surface area contributed by atoms with E-state index in [1.165, 1.54) is 0 Å². The van der Waals surface area contributed by atoms with E-state index in [0.29, 0.717) is 12.1 Å². The summed E-state index contributed by atoms with van der Waals surface area (Å²) in [6, 6.07) is -0.396. The summed E-state index contributed by atoms with van der Waals surface area (Å²) in [5, 5.41) is 4.05. The molecule has 2 amide bonds. The van der Waals surface area contributed by atoms with Gasteiger partial charge in [0.25, 0.3) is 0 Å². The Kier molecular flexibility index (Phi) is 4.95. The SMILES string of the molecule is O=C(NC1=CC(=O)OCC1)Nc1cc(C(F)(F)F)cc(C(F)(F)F)c1. The molecule has 1 aromatic carbocycles. The van der Waals surface area contributed by atoms with Crippen LogP contribution in [0.25, 0.3) is 0 Å². The first-order valence-electron chi connectivity index (χ1n) is 6.70. The third-order valence-corrected chi connectivity index (χ3v) is 3.03. The van der Waals surface area contributed by atoms with Gasteiger partial charge < -0.3 is 15.4 Å². The topological polar surface area (TPSA) is 67.4 Å². The van der Waals surface area contributed by atoms with Crippen LogP contribution in [0.4, 0.5) is 36.8 Å². The Hall–Kier alpha value is -2.72. The van der Waals surface area contributed by atoms with Crippen molar-refractivity contribution in [2.45, 2.75) is 18.8 Å². The van der Waals surface area contributed by atoms with Gasteiger partial charge in [0.15, 0.2) is 0 Å². The van der Waals surface area contributed by atoms with Gasteiger partial charge in [-0.15, -0.1) is 0 Å². The number of halogens is 6. The predicted octanol–water partition coefficient (Wildman–Crippen LogP) is 3.68. The fourth-order valence-electron chi connectivity index (χ4n) is 1.95. The maximum atomic E-state index is 12.7. The van der Waals surface area contributed by atoms with E-state index in [0.717, 1.165) is 6.08 Å². The van der Waals surface area contributed by atoms with Crippen LogP contribution in [0.2, 0.25) is 0 Å². The Bertz CT molecular complexity index is 692. The number of nitrogens with one attached hydrogen (secondary N) is 2. The van der Waals surface area contributed by atoms with Crippen molar-refractivity contribution in [3.8, 4) is 0 Å². The number of cyclic esters (lactones) is 1. The fraction of sp³-hybridized carbons (Fsp3) is 0.286. The second-order valence-corrected chi connectivity index (χ2v) is 4.96. The average Bonchev–Trinajstić information content (AvgIpc) is 2.44. The minimum absolute atomic E-state index is 0.00721. The summed E-state index contributed by atoms with van der Waals surface area (Å²) in [5.41, 5.74) is -3.69. The smallest absolute Gasteiger partial charge is 0.416 e. The van der Waals surface area contributed by atoms with Crippen LogP contribution >= 0.6 is 0 Å². The van der Waals surface area contributed by atoms with Crippen LogP contribution in [-0.2, 0) is 21.9 Å². The van der Waals surface area contributed by atoms with Gasteiger partial charge in [-0.05, 0) is 18.2 Å². The molecular formula is C14H10F6N2O3. The maximum absolute atomic E-state index is 12.7. The number of esters is 1. The number of anilines is 1. The first-order valence-corrected chi connectivity index (χ1v) is 6.70. The van der Waals surface area contributed by atoms with Crippen molar-refractivity contribution in [2.24, 2.45) is 0 Å². The van der Waals surface area contributed by atoms with E-state index in [1.807, 2.05) is 5.32 Å². The molecule has 0 saturated carbocycles. The molecule has 1 heterocycles. The molecule has 1 aliphatic rings. The van der Waals surface area contributed by atoms with Gasteiger partial charge in [-0.3, -0.25) is 0 Å². The van der Waals surface area contributed by atoms with Crippen LogP contribution in [0.1, 0.15) is 17.5 Å². The third kappa shape index (κ3) is 5.13. The molecule has 0 aliphatic carbocycles. The van der Waals surface area contributed by atoms with Gasteiger partial charge >= 0.3 is 24.4 Å². The Labute approximate surface area is 136 Å². The van der Waals surface area contributed by atoms with Crippen molar-refractivity contribution >= 4 is 17.7 Å². The second kappa shape index (κ2) is 6.65. The van der Waals surface area contributed by atoms with Gasteiger partial charge in [0, 0.05) is 23.9 Å². The van der Waals surface area contributed by atoms with E-state index in [2.05, 4.69) is 10.1 Å². The summed E-state index contributed by atoms with van der Waals surface area (Å²) in [4.78, 5) is 22.7. The number of carbonyl (C=O) groups excluding carboxylic acids is 2. The molecule has 0 radical (unpaired) electrons. The van der Waals surface area contributed by atoms with Crippen molar-refractivity contribution in [3.63, 3.8) is 0 Å². The van der Waals surface area contributed by atoms with E-state index in [1.54, 1.807) is 0 Å². The van der Waals surface area contributed by atoms with Crippen molar-refractivity contribution in [2.75, 3.05) is 11.9 Å². The molecule has 1 aliphatic heterocycles. The third-order valence-electron chi connectivity index (χ3n) is 3.03. The van der Waals surface area contributed by atoms with Gasteiger partial charge in [-0.25, -0.2) is 9.59 Å². The number of amides is 2. The quantitative estimate of drug-likeness (QED) is 0.618. The van der Waals surface area contributed by atoms with E-state index in [4.69, 9.17) is 0 Å². The first-order chi connectivity index (χ1) is 11.4. The zero-order valence-electron chi connectivity index (χ0n) is 12.2. The van der Waals surface area contributed by atoms with Gasteiger partial charge in [0.2, 0.25) is 0 Å². The summed E-state index contributed by atoms with van der Waals surface area (Å²) in [5.74, 6) is -0.722. The molecular weight excluding hydrogens is 358 g/mol. The minimum Gasteiger partial charge on any atom is -0.462 e. The van der Waals surface area contributed by atoms with Crippen molar-refractivity contribution < 1.29 is 40.7 Å². The molecule has 0 fully saturated rings. The minimum atomic E-state index is -5.02. The highest BCUT2D eigenvalue weighted by Crippen LogP contribution is 2.37. The van der Waals surface area contributed by atoms with Crippen LogP contribution in [0.3, 0.4) is 0 Å².